The zero-order valence-corrected chi connectivity index (χ0v) is 15.7. The predicted molar refractivity (Wildman–Crippen MR) is 100 cm³/mol. The van der Waals surface area contributed by atoms with Crippen LogP contribution in [0.4, 0.5) is 0 Å². The Hall–Kier alpha value is -0.870. The summed E-state index contributed by atoms with van der Waals surface area (Å²) in [5.74, 6) is 1.47. The molecule has 1 aromatic rings. The highest BCUT2D eigenvalue weighted by Crippen LogP contribution is 2.32. The minimum absolute atomic E-state index is 0.522. The number of ether oxygens (including phenoxy) is 1. The molecule has 0 radical (unpaired) electrons. The van der Waals surface area contributed by atoms with E-state index in [-0.39, 0.29) is 0 Å². The van der Waals surface area contributed by atoms with Crippen molar-refractivity contribution in [1.29, 1.82) is 0 Å². The van der Waals surface area contributed by atoms with Gasteiger partial charge in [-0.1, -0.05) is 50.7 Å². The Morgan fingerprint density at radius 3 is 2.12 bits per heavy atom. The summed E-state index contributed by atoms with van der Waals surface area (Å²) in [6.07, 6.45) is 12.8. The van der Waals surface area contributed by atoms with E-state index in [4.69, 9.17) is 4.74 Å². The van der Waals surface area contributed by atoms with Crippen molar-refractivity contribution in [3.8, 4) is 5.75 Å². The van der Waals surface area contributed by atoms with Crippen molar-refractivity contribution in [3.63, 3.8) is 0 Å². The zero-order chi connectivity index (χ0) is 16.8. The summed E-state index contributed by atoms with van der Waals surface area (Å²) in [5.41, 5.74) is 1.12. The molecule has 0 bridgehead atoms. The molecule has 2 aliphatic carbocycles. The molecular formula is C20H31NO2S. The normalized spacial score (nSPS) is 21.8. The first-order valence-electron chi connectivity index (χ1n) is 9.57. The van der Waals surface area contributed by atoms with E-state index >= 15 is 0 Å². The molecule has 4 heteroatoms. The lowest BCUT2D eigenvalue weighted by molar-refractivity contribution is 0.177. The fraction of sp³-hybridized carbons (Fsp3) is 0.700. The summed E-state index contributed by atoms with van der Waals surface area (Å²) in [6, 6.07) is 9.09. The fourth-order valence-corrected chi connectivity index (χ4v) is 5.98. The lowest BCUT2D eigenvalue weighted by atomic mass is 9.91. The monoisotopic (exact) mass is 349 g/mol. The Morgan fingerprint density at radius 2 is 1.58 bits per heavy atom. The molecule has 0 amide bonds. The third-order valence-electron chi connectivity index (χ3n) is 5.53. The predicted octanol–water partition coefficient (Wildman–Crippen LogP) is 4.83. The first-order chi connectivity index (χ1) is 11.8. The van der Waals surface area contributed by atoms with Crippen molar-refractivity contribution in [2.75, 3.05) is 7.11 Å². The molecule has 1 atom stereocenters. The van der Waals surface area contributed by atoms with E-state index in [0.29, 0.717) is 17.8 Å². The van der Waals surface area contributed by atoms with Gasteiger partial charge < -0.3 is 4.74 Å². The number of hydrogen-bond acceptors (Lipinski definition) is 2. The van der Waals surface area contributed by atoms with E-state index in [1.54, 1.807) is 7.11 Å². The summed E-state index contributed by atoms with van der Waals surface area (Å²) in [5, 5.41) is 0. The van der Waals surface area contributed by atoms with Crippen LogP contribution in [0.15, 0.2) is 24.3 Å². The van der Waals surface area contributed by atoms with Crippen LogP contribution in [0.1, 0.15) is 69.8 Å². The fourth-order valence-electron chi connectivity index (χ4n) is 4.28. The van der Waals surface area contributed by atoms with Gasteiger partial charge in [-0.25, -0.2) is 8.51 Å². The van der Waals surface area contributed by atoms with Crippen molar-refractivity contribution >= 4 is 11.0 Å². The molecular weight excluding hydrogens is 318 g/mol. The molecule has 2 saturated carbocycles. The summed E-state index contributed by atoms with van der Waals surface area (Å²) >= 11 is 0. The quantitative estimate of drug-likeness (QED) is 0.736. The SMILES string of the molecule is COc1cccc(CS(=O)N(C2CCCCC2)C2CCCCC2)c1. The van der Waals surface area contributed by atoms with Gasteiger partial charge in [0.25, 0.3) is 0 Å². The van der Waals surface area contributed by atoms with Gasteiger partial charge in [-0.15, -0.1) is 0 Å². The van der Waals surface area contributed by atoms with E-state index < -0.39 is 11.0 Å². The van der Waals surface area contributed by atoms with Gasteiger partial charge in [-0.2, -0.15) is 0 Å². The molecule has 3 rings (SSSR count). The second-order valence-electron chi connectivity index (χ2n) is 7.26. The molecule has 0 aromatic heterocycles. The van der Waals surface area contributed by atoms with Crippen LogP contribution < -0.4 is 4.74 Å². The van der Waals surface area contributed by atoms with Gasteiger partial charge in [0.1, 0.15) is 5.75 Å². The van der Waals surface area contributed by atoms with E-state index in [1.807, 2.05) is 18.2 Å². The Labute approximate surface area is 149 Å². The van der Waals surface area contributed by atoms with Crippen LogP contribution in [-0.4, -0.2) is 27.7 Å². The van der Waals surface area contributed by atoms with Gasteiger partial charge in [0.05, 0.1) is 23.8 Å². The van der Waals surface area contributed by atoms with Crippen molar-refractivity contribution in [1.82, 2.24) is 4.31 Å². The number of rotatable bonds is 6. The molecule has 24 heavy (non-hydrogen) atoms. The van der Waals surface area contributed by atoms with E-state index in [9.17, 15) is 4.21 Å². The van der Waals surface area contributed by atoms with Crippen molar-refractivity contribution in [2.45, 2.75) is 82.0 Å². The van der Waals surface area contributed by atoms with Gasteiger partial charge >= 0.3 is 0 Å². The molecule has 3 nitrogen and oxygen atoms in total. The van der Waals surface area contributed by atoms with E-state index in [1.165, 1.54) is 64.2 Å². The highest BCUT2D eigenvalue weighted by Gasteiger charge is 2.32. The standard InChI is InChI=1S/C20H31NO2S/c1-23-20-14-8-9-17(15-20)16-24(22)21(18-10-4-2-5-11-18)19-12-6-3-7-13-19/h8-9,14-15,18-19H,2-7,10-13,16H2,1H3. The molecule has 1 unspecified atom stereocenters. The van der Waals surface area contributed by atoms with Crippen LogP contribution >= 0.6 is 0 Å². The maximum Gasteiger partial charge on any atom is 0.119 e. The van der Waals surface area contributed by atoms with Gasteiger partial charge in [0.2, 0.25) is 0 Å². The highest BCUT2D eigenvalue weighted by atomic mass is 32.2. The molecule has 0 heterocycles. The topological polar surface area (TPSA) is 29.5 Å². The van der Waals surface area contributed by atoms with Crippen molar-refractivity contribution < 1.29 is 8.95 Å². The minimum atomic E-state index is -0.936. The summed E-state index contributed by atoms with van der Waals surface area (Å²) in [6.45, 7) is 0. The first-order valence-corrected chi connectivity index (χ1v) is 10.9. The average Bonchev–Trinajstić information content (AvgIpc) is 2.64. The average molecular weight is 350 g/mol. The second kappa shape index (κ2) is 9.00. The van der Waals surface area contributed by atoms with Crippen molar-refractivity contribution in [2.24, 2.45) is 0 Å². The van der Waals surface area contributed by atoms with Gasteiger partial charge in [0.15, 0.2) is 0 Å². The first kappa shape index (κ1) is 17.9. The van der Waals surface area contributed by atoms with Crippen LogP contribution in [0.3, 0.4) is 0 Å². The Balaban J connectivity index is 1.73. The van der Waals surface area contributed by atoms with Crippen LogP contribution in [0.25, 0.3) is 0 Å². The van der Waals surface area contributed by atoms with Crippen molar-refractivity contribution in [3.05, 3.63) is 29.8 Å². The van der Waals surface area contributed by atoms with Crippen LogP contribution in [0, 0.1) is 0 Å². The molecule has 0 saturated heterocycles. The smallest absolute Gasteiger partial charge is 0.119 e. The second-order valence-corrected chi connectivity index (χ2v) is 8.61. The maximum atomic E-state index is 13.3. The Bertz CT molecular complexity index is 518. The van der Waals surface area contributed by atoms with E-state index in [0.717, 1.165) is 11.3 Å². The molecule has 0 N–H and O–H groups in total. The number of benzene rings is 1. The number of methoxy groups -OCH3 is 1. The van der Waals surface area contributed by atoms with E-state index in [2.05, 4.69) is 10.4 Å². The third kappa shape index (κ3) is 4.60. The highest BCUT2D eigenvalue weighted by molar-refractivity contribution is 7.81. The molecule has 1 aromatic carbocycles. The van der Waals surface area contributed by atoms with Gasteiger partial charge in [-0.05, 0) is 43.4 Å². The van der Waals surface area contributed by atoms with Gasteiger partial charge in [0, 0.05) is 12.1 Å². The molecule has 0 spiro atoms. The van der Waals surface area contributed by atoms with Crippen LogP contribution in [0.5, 0.6) is 5.75 Å². The summed E-state index contributed by atoms with van der Waals surface area (Å²) in [7, 11) is 0.751. The lowest BCUT2D eigenvalue weighted by Crippen LogP contribution is -2.46. The Kier molecular flexibility index (Phi) is 6.73. The van der Waals surface area contributed by atoms with Gasteiger partial charge in [-0.3, -0.25) is 0 Å². The molecule has 0 aliphatic heterocycles. The molecule has 134 valence electrons. The zero-order valence-electron chi connectivity index (χ0n) is 14.9. The summed E-state index contributed by atoms with van der Waals surface area (Å²) in [4.78, 5) is 0. The number of hydrogen-bond donors (Lipinski definition) is 0. The molecule has 2 aliphatic rings. The summed E-state index contributed by atoms with van der Waals surface area (Å²) < 4.78 is 21.0. The largest absolute Gasteiger partial charge is 0.497 e. The number of nitrogens with zero attached hydrogens (tertiary/aromatic N) is 1. The minimum Gasteiger partial charge on any atom is -0.497 e. The third-order valence-corrected chi connectivity index (χ3v) is 7.18. The molecule has 2 fully saturated rings. The van der Waals surface area contributed by atoms with Crippen LogP contribution in [0.2, 0.25) is 0 Å². The maximum absolute atomic E-state index is 13.3. The lowest BCUT2D eigenvalue weighted by Gasteiger charge is -2.40. The Morgan fingerprint density at radius 1 is 1.00 bits per heavy atom. The van der Waals surface area contributed by atoms with Crippen LogP contribution in [-0.2, 0) is 16.7 Å².